The van der Waals surface area contributed by atoms with Gasteiger partial charge in [0.25, 0.3) is 0 Å². The van der Waals surface area contributed by atoms with Gasteiger partial charge >= 0.3 is 0 Å². The molecule has 3 N–H and O–H groups in total. The highest BCUT2D eigenvalue weighted by Crippen LogP contribution is 2.19. The van der Waals surface area contributed by atoms with Crippen LogP contribution >= 0.6 is 0 Å². The maximum Gasteiger partial charge on any atom is 0.114 e. The molecular formula is C18H34O5. The molecule has 1 rings (SSSR count). The summed E-state index contributed by atoms with van der Waals surface area (Å²) in [5, 5.41) is 28.5. The highest BCUT2D eigenvalue weighted by Gasteiger charge is 2.40. The van der Waals surface area contributed by atoms with Crippen molar-refractivity contribution < 1.29 is 24.8 Å². The molecule has 5 heteroatoms. The van der Waals surface area contributed by atoms with Crippen molar-refractivity contribution in [1.82, 2.24) is 0 Å². The van der Waals surface area contributed by atoms with Crippen LogP contribution in [0.25, 0.3) is 0 Å². The van der Waals surface area contributed by atoms with Gasteiger partial charge in [-0.1, -0.05) is 57.6 Å². The van der Waals surface area contributed by atoms with Crippen LogP contribution in [-0.2, 0) is 9.47 Å². The molecule has 1 aliphatic rings. The number of rotatable bonds is 13. The summed E-state index contributed by atoms with van der Waals surface area (Å²) in [6.07, 6.45) is 11.0. The molecular weight excluding hydrogens is 296 g/mol. The minimum Gasteiger partial charge on any atom is -0.394 e. The van der Waals surface area contributed by atoms with Gasteiger partial charge in [-0.25, -0.2) is 0 Å². The molecule has 4 atom stereocenters. The van der Waals surface area contributed by atoms with E-state index in [-0.39, 0.29) is 13.2 Å². The molecule has 0 unspecified atom stereocenters. The van der Waals surface area contributed by atoms with E-state index in [4.69, 9.17) is 9.47 Å². The van der Waals surface area contributed by atoms with E-state index in [0.717, 1.165) is 6.42 Å². The number of ether oxygens (including phenoxy) is 2. The lowest BCUT2D eigenvalue weighted by atomic mass is 10.1. The minimum atomic E-state index is -0.996. The van der Waals surface area contributed by atoms with Crippen LogP contribution < -0.4 is 0 Å². The molecule has 1 saturated heterocycles. The van der Waals surface area contributed by atoms with Gasteiger partial charge in [-0.15, -0.1) is 0 Å². The van der Waals surface area contributed by atoms with E-state index in [1.54, 1.807) is 0 Å². The topological polar surface area (TPSA) is 79.2 Å². The highest BCUT2D eigenvalue weighted by molar-refractivity contribution is 4.89. The first-order chi connectivity index (χ1) is 11.2. The molecule has 0 aromatic rings. The second kappa shape index (κ2) is 12.9. The zero-order chi connectivity index (χ0) is 16.9. The Kier molecular flexibility index (Phi) is 11.5. The van der Waals surface area contributed by atoms with Gasteiger partial charge in [-0.2, -0.15) is 0 Å². The van der Waals surface area contributed by atoms with Crippen molar-refractivity contribution >= 4 is 0 Å². The summed E-state index contributed by atoms with van der Waals surface area (Å²) in [6, 6.07) is 0. The molecule has 1 heterocycles. The Bertz CT molecular complexity index is 308. The lowest BCUT2D eigenvalue weighted by Crippen LogP contribution is -2.42. The average Bonchev–Trinajstić information content (AvgIpc) is 2.88. The second-order valence-corrected chi connectivity index (χ2v) is 6.29. The van der Waals surface area contributed by atoms with Gasteiger partial charge in [0, 0.05) is 0 Å². The van der Waals surface area contributed by atoms with Crippen molar-refractivity contribution in [2.24, 2.45) is 0 Å². The normalized spacial score (nSPS) is 26.2. The molecule has 1 fully saturated rings. The van der Waals surface area contributed by atoms with Gasteiger partial charge in [0.2, 0.25) is 0 Å². The van der Waals surface area contributed by atoms with Gasteiger partial charge in [-0.05, 0) is 12.8 Å². The summed E-state index contributed by atoms with van der Waals surface area (Å²) in [5.41, 5.74) is 0. The van der Waals surface area contributed by atoms with E-state index in [2.05, 4.69) is 13.0 Å². The van der Waals surface area contributed by atoms with Crippen molar-refractivity contribution in [1.29, 1.82) is 0 Å². The molecule has 0 aliphatic carbocycles. The third-order valence-corrected chi connectivity index (χ3v) is 4.28. The summed E-state index contributed by atoms with van der Waals surface area (Å²) >= 11 is 0. The summed E-state index contributed by atoms with van der Waals surface area (Å²) in [5.74, 6) is 0. The molecule has 0 aromatic carbocycles. The zero-order valence-corrected chi connectivity index (χ0v) is 14.4. The Hall–Kier alpha value is -0.460. The quantitative estimate of drug-likeness (QED) is 0.356. The van der Waals surface area contributed by atoms with Crippen LogP contribution in [0.1, 0.15) is 58.3 Å². The van der Waals surface area contributed by atoms with Gasteiger partial charge < -0.3 is 24.8 Å². The van der Waals surface area contributed by atoms with Crippen LogP contribution in [0.3, 0.4) is 0 Å². The van der Waals surface area contributed by atoms with Crippen molar-refractivity contribution in [3.05, 3.63) is 12.2 Å². The molecule has 0 radical (unpaired) electrons. The molecule has 5 nitrogen and oxygen atoms in total. The van der Waals surface area contributed by atoms with Crippen LogP contribution in [0, 0.1) is 0 Å². The lowest BCUT2D eigenvalue weighted by Gasteiger charge is -2.23. The van der Waals surface area contributed by atoms with Crippen molar-refractivity contribution in [2.45, 2.75) is 82.7 Å². The predicted octanol–water partition coefficient (Wildman–Crippen LogP) is 2.18. The molecule has 0 saturated carbocycles. The zero-order valence-electron chi connectivity index (χ0n) is 14.4. The highest BCUT2D eigenvalue weighted by atomic mass is 16.6. The fourth-order valence-electron chi connectivity index (χ4n) is 2.79. The molecule has 0 amide bonds. The van der Waals surface area contributed by atoms with Gasteiger partial charge in [0.1, 0.15) is 24.4 Å². The Labute approximate surface area is 140 Å². The Morgan fingerprint density at radius 1 is 1.09 bits per heavy atom. The van der Waals surface area contributed by atoms with Crippen LogP contribution in [0.5, 0.6) is 0 Å². The molecule has 136 valence electrons. The smallest absolute Gasteiger partial charge is 0.114 e. The van der Waals surface area contributed by atoms with Crippen molar-refractivity contribution in [3.8, 4) is 0 Å². The van der Waals surface area contributed by atoms with Crippen LogP contribution in [0.2, 0.25) is 0 Å². The maximum atomic E-state index is 9.75. The first kappa shape index (κ1) is 20.6. The fraction of sp³-hybridized carbons (Fsp3) is 0.889. The monoisotopic (exact) mass is 330 g/mol. The van der Waals surface area contributed by atoms with E-state index in [0.29, 0.717) is 6.61 Å². The van der Waals surface area contributed by atoms with E-state index in [9.17, 15) is 15.3 Å². The SMILES string of the molecule is CCCCCCCCC/C=C/CO[C@H](CO)[C@H]1OC[C@H](O)[C@H]1O. The molecule has 0 spiro atoms. The van der Waals surface area contributed by atoms with Crippen molar-refractivity contribution in [3.63, 3.8) is 0 Å². The number of allylic oxidation sites excluding steroid dienone is 1. The van der Waals surface area contributed by atoms with Crippen molar-refractivity contribution in [2.75, 3.05) is 19.8 Å². The van der Waals surface area contributed by atoms with Crippen LogP contribution in [0.15, 0.2) is 12.2 Å². The largest absolute Gasteiger partial charge is 0.394 e. The second-order valence-electron chi connectivity index (χ2n) is 6.29. The first-order valence-corrected chi connectivity index (χ1v) is 9.05. The van der Waals surface area contributed by atoms with E-state index < -0.39 is 24.4 Å². The Balaban J connectivity index is 2.04. The Morgan fingerprint density at radius 2 is 1.78 bits per heavy atom. The summed E-state index contributed by atoms with van der Waals surface area (Å²) in [4.78, 5) is 0. The standard InChI is InChI=1S/C18H34O5/c1-2-3-4-5-6-7-8-9-10-11-12-22-16(13-19)18-17(21)15(20)14-23-18/h10-11,15-21H,2-9,12-14H2,1H3/b11-10+/t15-,16+,17+,18+/m0/s1. The van der Waals surface area contributed by atoms with E-state index in [1.165, 1.54) is 44.9 Å². The lowest BCUT2D eigenvalue weighted by molar-refractivity contribution is -0.0942. The van der Waals surface area contributed by atoms with E-state index in [1.807, 2.05) is 6.08 Å². The molecule has 0 aromatic heterocycles. The summed E-state index contributed by atoms with van der Waals surface area (Å²) in [6.45, 7) is 2.46. The number of aliphatic hydroxyl groups excluding tert-OH is 3. The van der Waals surface area contributed by atoms with Gasteiger partial charge in [0.05, 0.1) is 19.8 Å². The predicted molar refractivity (Wildman–Crippen MR) is 90.3 cm³/mol. The number of aliphatic hydroxyl groups is 3. The van der Waals surface area contributed by atoms with Crippen LogP contribution in [-0.4, -0.2) is 59.6 Å². The molecule has 0 bridgehead atoms. The van der Waals surface area contributed by atoms with Gasteiger partial charge in [-0.3, -0.25) is 0 Å². The van der Waals surface area contributed by atoms with Crippen LogP contribution in [0.4, 0.5) is 0 Å². The third kappa shape index (κ3) is 8.27. The van der Waals surface area contributed by atoms with E-state index >= 15 is 0 Å². The number of hydrogen-bond donors (Lipinski definition) is 3. The van der Waals surface area contributed by atoms with Gasteiger partial charge in [0.15, 0.2) is 0 Å². The third-order valence-electron chi connectivity index (χ3n) is 4.28. The summed E-state index contributed by atoms with van der Waals surface area (Å²) in [7, 11) is 0. The average molecular weight is 330 g/mol. The maximum absolute atomic E-state index is 9.75. The fourth-order valence-corrected chi connectivity index (χ4v) is 2.79. The Morgan fingerprint density at radius 3 is 2.39 bits per heavy atom. The number of hydrogen-bond acceptors (Lipinski definition) is 5. The summed E-state index contributed by atoms with van der Waals surface area (Å²) < 4.78 is 10.8. The molecule has 23 heavy (non-hydrogen) atoms. The molecule has 1 aliphatic heterocycles. The number of unbranched alkanes of at least 4 members (excludes halogenated alkanes) is 7. The minimum absolute atomic E-state index is 0.0831. The first-order valence-electron chi connectivity index (χ1n) is 9.05.